The Morgan fingerprint density at radius 2 is 2.16 bits per heavy atom. The Hall–Kier alpha value is -1.52. The van der Waals surface area contributed by atoms with Crippen molar-refractivity contribution in [1.82, 2.24) is 10.6 Å². The van der Waals surface area contributed by atoms with Gasteiger partial charge in [-0.05, 0) is 39.0 Å². The van der Waals surface area contributed by atoms with Gasteiger partial charge < -0.3 is 15.7 Å². The largest absolute Gasteiger partial charge is 0.481 e. The third-order valence-corrected chi connectivity index (χ3v) is 3.80. The number of carboxylic acid groups (broad SMARTS) is 1. The van der Waals surface area contributed by atoms with Crippen LogP contribution in [0.5, 0.6) is 0 Å². The number of rotatable bonds is 7. The van der Waals surface area contributed by atoms with Gasteiger partial charge in [0.25, 0.3) is 0 Å². The highest BCUT2D eigenvalue weighted by atomic mass is 16.4. The summed E-state index contributed by atoms with van der Waals surface area (Å²) in [6.45, 7) is 4.19. The molecule has 0 spiro atoms. The molecule has 0 radical (unpaired) electrons. The molecular formula is C14H24N2O3. The van der Waals surface area contributed by atoms with E-state index in [1.165, 1.54) is 12.0 Å². The zero-order chi connectivity index (χ0) is 14.3. The zero-order valence-corrected chi connectivity index (χ0v) is 11.8. The monoisotopic (exact) mass is 268 g/mol. The highest BCUT2D eigenvalue weighted by Crippen LogP contribution is 2.20. The molecule has 0 aromatic carbocycles. The highest BCUT2D eigenvalue weighted by molar-refractivity contribution is 5.77. The molecule has 108 valence electrons. The SMILES string of the molecule is CCC(C)(CNC(=O)NCCC1=CCCC1)C(=O)O. The fourth-order valence-electron chi connectivity index (χ4n) is 1.99. The van der Waals surface area contributed by atoms with E-state index in [-0.39, 0.29) is 12.6 Å². The number of allylic oxidation sites excluding steroid dienone is 1. The summed E-state index contributed by atoms with van der Waals surface area (Å²) in [5.41, 5.74) is 0.509. The smallest absolute Gasteiger partial charge is 0.314 e. The molecule has 0 heterocycles. The number of amides is 2. The number of carbonyl (C=O) groups excluding carboxylic acids is 1. The predicted molar refractivity (Wildman–Crippen MR) is 74.0 cm³/mol. The van der Waals surface area contributed by atoms with E-state index < -0.39 is 11.4 Å². The molecule has 0 saturated carbocycles. The van der Waals surface area contributed by atoms with Crippen molar-refractivity contribution >= 4 is 12.0 Å². The van der Waals surface area contributed by atoms with Gasteiger partial charge in [0, 0.05) is 13.1 Å². The Kier molecular flexibility index (Phi) is 5.86. The van der Waals surface area contributed by atoms with Crippen molar-refractivity contribution < 1.29 is 14.7 Å². The molecule has 0 fully saturated rings. The molecular weight excluding hydrogens is 244 g/mol. The zero-order valence-electron chi connectivity index (χ0n) is 11.8. The van der Waals surface area contributed by atoms with E-state index in [1.807, 2.05) is 0 Å². The van der Waals surface area contributed by atoms with Crippen LogP contribution in [0.15, 0.2) is 11.6 Å². The van der Waals surface area contributed by atoms with Gasteiger partial charge in [-0.2, -0.15) is 0 Å². The fourth-order valence-corrected chi connectivity index (χ4v) is 1.99. The molecule has 19 heavy (non-hydrogen) atoms. The molecule has 0 aliphatic heterocycles. The number of aliphatic carboxylic acids is 1. The Bertz CT molecular complexity index is 366. The molecule has 0 saturated heterocycles. The van der Waals surface area contributed by atoms with Crippen molar-refractivity contribution in [2.45, 2.75) is 46.0 Å². The summed E-state index contributed by atoms with van der Waals surface area (Å²) in [6, 6.07) is -0.292. The standard InChI is InChI=1S/C14H24N2O3/c1-3-14(2,12(17)18)10-16-13(19)15-9-8-11-6-4-5-7-11/h6H,3-5,7-10H2,1-2H3,(H,17,18)(H2,15,16,19). The van der Waals surface area contributed by atoms with Crippen LogP contribution < -0.4 is 10.6 Å². The van der Waals surface area contributed by atoms with Crippen LogP contribution in [-0.4, -0.2) is 30.2 Å². The lowest BCUT2D eigenvalue weighted by Gasteiger charge is -2.23. The number of urea groups is 1. The minimum Gasteiger partial charge on any atom is -0.481 e. The lowest BCUT2D eigenvalue weighted by Crippen LogP contribution is -2.44. The second-order valence-corrected chi connectivity index (χ2v) is 5.33. The van der Waals surface area contributed by atoms with Crippen LogP contribution in [0.1, 0.15) is 46.0 Å². The van der Waals surface area contributed by atoms with E-state index in [0.717, 1.165) is 19.3 Å². The number of hydrogen-bond acceptors (Lipinski definition) is 2. The second kappa shape index (κ2) is 7.16. The normalized spacial score (nSPS) is 17.5. The summed E-state index contributed by atoms with van der Waals surface area (Å²) < 4.78 is 0. The van der Waals surface area contributed by atoms with Gasteiger partial charge in [0.2, 0.25) is 0 Å². The van der Waals surface area contributed by atoms with Gasteiger partial charge >= 0.3 is 12.0 Å². The topological polar surface area (TPSA) is 78.4 Å². The van der Waals surface area contributed by atoms with Crippen molar-refractivity contribution in [3.63, 3.8) is 0 Å². The molecule has 0 aromatic heterocycles. The number of carboxylic acids is 1. The van der Waals surface area contributed by atoms with E-state index in [1.54, 1.807) is 13.8 Å². The average Bonchev–Trinajstić information content (AvgIpc) is 2.89. The average molecular weight is 268 g/mol. The van der Waals surface area contributed by atoms with Gasteiger partial charge in [-0.25, -0.2) is 4.79 Å². The van der Waals surface area contributed by atoms with E-state index in [4.69, 9.17) is 5.11 Å². The fraction of sp³-hybridized carbons (Fsp3) is 0.714. The number of carbonyl (C=O) groups is 2. The minimum atomic E-state index is -0.897. The lowest BCUT2D eigenvalue weighted by molar-refractivity contribution is -0.147. The van der Waals surface area contributed by atoms with Crippen molar-refractivity contribution in [3.8, 4) is 0 Å². The van der Waals surface area contributed by atoms with E-state index in [9.17, 15) is 9.59 Å². The summed E-state index contributed by atoms with van der Waals surface area (Å²) in [5.74, 6) is -0.883. The lowest BCUT2D eigenvalue weighted by atomic mass is 9.88. The van der Waals surface area contributed by atoms with Crippen LogP contribution in [0.2, 0.25) is 0 Å². The highest BCUT2D eigenvalue weighted by Gasteiger charge is 2.31. The van der Waals surface area contributed by atoms with Crippen LogP contribution in [-0.2, 0) is 4.79 Å². The first-order chi connectivity index (χ1) is 8.98. The molecule has 2 amide bonds. The first kappa shape index (κ1) is 15.5. The Balaban J connectivity index is 2.21. The van der Waals surface area contributed by atoms with Crippen LogP contribution in [0.3, 0.4) is 0 Å². The van der Waals surface area contributed by atoms with E-state index in [2.05, 4.69) is 16.7 Å². The first-order valence-electron chi connectivity index (χ1n) is 6.91. The van der Waals surface area contributed by atoms with Crippen molar-refractivity contribution in [2.24, 2.45) is 5.41 Å². The quantitative estimate of drug-likeness (QED) is 0.620. The Morgan fingerprint density at radius 1 is 1.42 bits per heavy atom. The van der Waals surface area contributed by atoms with Crippen molar-refractivity contribution in [2.75, 3.05) is 13.1 Å². The van der Waals surface area contributed by atoms with E-state index in [0.29, 0.717) is 13.0 Å². The van der Waals surface area contributed by atoms with Crippen molar-refractivity contribution in [1.29, 1.82) is 0 Å². The third-order valence-electron chi connectivity index (χ3n) is 3.80. The van der Waals surface area contributed by atoms with Gasteiger partial charge in [0.05, 0.1) is 5.41 Å². The van der Waals surface area contributed by atoms with Crippen LogP contribution in [0.4, 0.5) is 4.79 Å². The molecule has 3 N–H and O–H groups in total. The number of nitrogens with one attached hydrogen (secondary N) is 2. The molecule has 0 bridgehead atoms. The maximum absolute atomic E-state index is 11.6. The molecule has 1 aliphatic carbocycles. The third kappa shape index (κ3) is 4.93. The Morgan fingerprint density at radius 3 is 2.68 bits per heavy atom. The van der Waals surface area contributed by atoms with Crippen LogP contribution in [0, 0.1) is 5.41 Å². The maximum atomic E-state index is 11.6. The van der Waals surface area contributed by atoms with E-state index >= 15 is 0 Å². The predicted octanol–water partition coefficient (Wildman–Crippen LogP) is 2.29. The van der Waals surface area contributed by atoms with Gasteiger partial charge in [-0.3, -0.25) is 4.79 Å². The summed E-state index contributed by atoms with van der Waals surface area (Å²) in [6.07, 6.45) is 7.10. The molecule has 1 aliphatic rings. The van der Waals surface area contributed by atoms with Gasteiger partial charge in [-0.15, -0.1) is 0 Å². The summed E-state index contributed by atoms with van der Waals surface area (Å²) >= 11 is 0. The molecule has 5 nitrogen and oxygen atoms in total. The summed E-state index contributed by atoms with van der Waals surface area (Å²) in [4.78, 5) is 22.6. The number of hydrogen-bond donors (Lipinski definition) is 3. The second-order valence-electron chi connectivity index (χ2n) is 5.33. The molecule has 1 unspecified atom stereocenters. The Labute approximate surface area is 114 Å². The van der Waals surface area contributed by atoms with Gasteiger partial charge in [0.15, 0.2) is 0 Å². The van der Waals surface area contributed by atoms with Gasteiger partial charge in [-0.1, -0.05) is 18.6 Å². The molecule has 5 heteroatoms. The molecule has 1 rings (SSSR count). The first-order valence-corrected chi connectivity index (χ1v) is 6.91. The van der Waals surface area contributed by atoms with Gasteiger partial charge in [0.1, 0.15) is 0 Å². The summed E-state index contributed by atoms with van der Waals surface area (Å²) in [5, 5.41) is 14.5. The van der Waals surface area contributed by atoms with Crippen LogP contribution >= 0.6 is 0 Å². The molecule has 0 aromatic rings. The minimum absolute atomic E-state index is 0.146. The molecule has 1 atom stereocenters. The van der Waals surface area contributed by atoms with Crippen molar-refractivity contribution in [3.05, 3.63) is 11.6 Å². The summed E-state index contributed by atoms with van der Waals surface area (Å²) in [7, 11) is 0. The van der Waals surface area contributed by atoms with Crippen LogP contribution in [0.25, 0.3) is 0 Å². The maximum Gasteiger partial charge on any atom is 0.314 e.